The van der Waals surface area contributed by atoms with Gasteiger partial charge in [0.1, 0.15) is 0 Å². The monoisotopic (exact) mass is 416 g/mol. The molecule has 0 spiro atoms. The van der Waals surface area contributed by atoms with Gasteiger partial charge in [0.15, 0.2) is 17.5 Å². The maximum absolute atomic E-state index is 6.28. The van der Waals surface area contributed by atoms with Crippen molar-refractivity contribution >= 4 is 23.2 Å². The molecule has 1 heterocycles. The number of rotatable bonds is 7. The summed E-state index contributed by atoms with van der Waals surface area (Å²) in [6.45, 7) is 3.73. The van der Waals surface area contributed by atoms with Gasteiger partial charge < -0.3 is 20.5 Å². The van der Waals surface area contributed by atoms with Gasteiger partial charge in [-0.05, 0) is 55.6 Å². The van der Waals surface area contributed by atoms with Crippen LogP contribution in [0.2, 0.25) is 5.02 Å². The lowest BCUT2D eigenvalue weighted by atomic mass is 9.96. The standard InChI is InChI=1S/C22H29ClN4O2/c1-28-20-8-7-18(13-21(20)29-2)26-22(24)25-14-16-9-11-27(12-10-16)15-17-5-3-4-6-19(17)23/h3-8,13,16H,9-12,14-15H2,1-2H3,(H3,24,25,26). The van der Waals surface area contributed by atoms with E-state index in [1.165, 1.54) is 5.56 Å². The van der Waals surface area contributed by atoms with Crippen LogP contribution >= 0.6 is 11.6 Å². The molecule has 0 aromatic heterocycles. The van der Waals surface area contributed by atoms with E-state index in [0.29, 0.717) is 23.4 Å². The van der Waals surface area contributed by atoms with Crippen molar-refractivity contribution in [3.05, 3.63) is 53.1 Å². The molecule has 0 unspecified atom stereocenters. The predicted molar refractivity (Wildman–Crippen MR) is 119 cm³/mol. The molecule has 0 bridgehead atoms. The third-order valence-electron chi connectivity index (χ3n) is 5.23. The highest BCUT2D eigenvalue weighted by Crippen LogP contribution is 2.29. The van der Waals surface area contributed by atoms with Crippen LogP contribution < -0.4 is 20.5 Å². The van der Waals surface area contributed by atoms with Gasteiger partial charge in [-0.1, -0.05) is 29.8 Å². The molecule has 0 saturated carbocycles. The van der Waals surface area contributed by atoms with Gasteiger partial charge in [0.05, 0.1) is 14.2 Å². The van der Waals surface area contributed by atoms with E-state index in [0.717, 1.165) is 49.7 Å². The second kappa shape index (κ2) is 10.4. The van der Waals surface area contributed by atoms with Gasteiger partial charge in [0.2, 0.25) is 0 Å². The maximum atomic E-state index is 6.28. The Morgan fingerprint density at radius 3 is 2.55 bits per heavy atom. The number of guanidine groups is 1. The number of piperidine rings is 1. The molecular formula is C22H29ClN4O2. The molecule has 1 aliphatic heterocycles. The van der Waals surface area contributed by atoms with Crippen LogP contribution in [0.1, 0.15) is 18.4 Å². The largest absolute Gasteiger partial charge is 0.493 e. The highest BCUT2D eigenvalue weighted by Gasteiger charge is 2.19. The number of ether oxygens (including phenoxy) is 2. The Labute approximate surface area is 177 Å². The molecule has 6 nitrogen and oxygen atoms in total. The Bertz CT molecular complexity index is 835. The normalized spacial score (nSPS) is 15.9. The average Bonchev–Trinajstić information content (AvgIpc) is 2.74. The number of benzene rings is 2. The van der Waals surface area contributed by atoms with E-state index in [4.69, 9.17) is 26.8 Å². The molecular weight excluding hydrogens is 388 g/mol. The fourth-order valence-corrected chi connectivity index (χ4v) is 3.72. The highest BCUT2D eigenvalue weighted by atomic mass is 35.5. The van der Waals surface area contributed by atoms with Crippen LogP contribution in [0.4, 0.5) is 5.69 Å². The van der Waals surface area contributed by atoms with Gasteiger partial charge in [-0.25, -0.2) is 0 Å². The average molecular weight is 417 g/mol. The van der Waals surface area contributed by atoms with Crippen molar-refractivity contribution in [2.24, 2.45) is 16.6 Å². The Hall–Kier alpha value is -2.44. The molecule has 156 valence electrons. The Balaban J connectivity index is 1.46. The minimum absolute atomic E-state index is 0.413. The lowest BCUT2D eigenvalue weighted by Crippen LogP contribution is -2.34. The molecule has 2 aromatic carbocycles. The van der Waals surface area contributed by atoms with Gasteiger partial charge >= 0.3 is 0 Å². The molecule has 7 heteroatoms. The first-order chi connectivity index (χ1) is 14.1. The predicted octanol–water partition coefficient (Wildman–Crippen LogP) is 4.00. The Morgan fingerprint density at radius 1 is 1.14 bits per heavy atom. The van der Waals surface area contributed by atoms with Crippen LogP contribution in [0.5, 0.6) is 11.5 Å². The van der Waals surface area contributed by atoms with Gasteiger partial charge in [0.25, 0.3) is 0 Å². The lowest BCUT2D eigenvalue weighted by Gasteiger charge is -2.31. The van der Waals surface area contributed by atoms with Crippen molar-refractivity contribution in [3.63, 3.8) is 0 Å². The topological polar surface area (TPSA) is 72.1 Å². The fraction of sp³-hybridized carbons (Fsp3) is 0.409. The molecule has 1 saturated heterocycles. The summed E-state index contributed by atoms with van der Waals surface area (Å²) in [7, 11) is 3.22. The van der Waals surface area contributed by atoms with Crippen molar-refractivity contribution in [2.45, 2.75) is 19.4 Å². The molecule has 3 rings (SSSR count). The smallest absolute Gasteiger partial charge is 0.193 e. The molecule has 29 heavy (non-hydrogen) atoms. The molecule has 0 radical (unpaired) electrons. The van der Waals surface area contributed by atoms with E-state index in [1.807, 2.05) is 36.4 Å². The molecule has 0 amide bonds. The molecule has 1 aliphatic rings. The number of anilines is 1. The number of nitrogens with zero attached hydrogens (tertiary/aromatic N) is 2. The van der Waals surface area contributed by atoms with Crippen molar-refractivity contribution in [1.29, 1.82) is 0 Å². The minimum atomic E-state index is 0.413. The van der Waals surface area contributed by atoms with E-state index >= 15 is 0 Å². The van der Waals surface area contributed by atoms with Gasteiger partial charge in [0, 0.05) is 29.9 Å². The molecule has 2 aromatic rings. The van der Waals surface area contributed by atoms with Gasteiger partial charge in [-0.2, -0.15) is 0 Å². The van der Waals surface area contributed by atoms with E-state index in [-0.39, 0.29) is 0 Å². The molecule has 3 N–H and O–H groups in total. The van der Waals surface area contributed by atoms with E-state index in [1.54, 1.807) is 14.2 Å². The third kappa shape index (κ3) is 6.02. The first-order valence-electron chi connectivity index (χ1n) is 9.83. The number of hydrogen-bond donors (Lipinski definition) is 2. The van der Waals surface area contributed by atoms with Crippen LogP contribution in [0.15, 0.2) is 47.5 Å². The van der Waals surface area contributed by atoms with Crippen molar-refractivity contribution in [3.8, 4) is 11.5 Å². The van der Waals surface area contributed by atoms with Crippen LogP contribution in [-0.4, -0.2) is 44.7 Å². The van der Waals surface area contributed by atoms with Gasteiger partial charge in [-0.3, -0.25) is 9.89 Å². The lowest BCUT2D eigenvalue weighted by molar-refractivity contribution is 0.180. The SMILES string of the molecule is COc1ccc(NC(N)=NCC2CCN(Cc3ccccc3Cl)CC2)cc1OC. The maximum Gasteiger partial charge on any atom is 0.193 e. The Morgan fingerprint density at radius 2 is 1.86 bits per heavy atom. The highest BCUT2D eigenvalue weighted by molar-refractivity contribution is 6.31. The number of halogens is 1. The summed E-state index contributed by atoms with van der Waals surface area (Å²) in [5, 5.41) is 3.96. The van der Waals surface area contributed by atoms with Crippen LogP contribution in [-0.2, 0) is 6.54 Å². The Kier molecular flexibility index (Phi) is 7.61. The second-order valence-electron chi connectivity index (χ2n) is 7.23. The van der Waals surface area contributed by atoms with Crippen LogP contribution in [0.25, 0.3) is 0 Å². The van der Waals surface area contributed by atoms with E-state index in [9.17, 15) is 0 Å². The number of aliphatic imine (C=N–C) groups is 1. The summed E-state index contributed by atoms with van der Waals surface area (Å²) in [5.74, 6) is 2.28. The zero-order valence-electron chi connectivity index (χ0n) is 17.0. The van der Waals surface area contributed by atoms with Crippen molar-refractivity contribution in [2.75, 3.05) is 39.2 Å². The fourth-order valence-electron chi connectivity index (χ4n) is 3.52. The molecule has 0 aliphatic carbocycles. The van der Waals surface area contributed by atoms with Crippen molar-refractivity contribution in [1.82, 2.24) is 4.90 Å². The quantitative estimate of drug-likeness (QED) is 0.527. The first kappa shape index (κ1) is 21.3. The van der Waals surface area contributed by atoms with E-state index in [2.05, 4.69) is 21.3 Å². The summed E-state index contributed by atoms with van der Waals surface area (Å²) in [5.41, 5.74) is 8.08. The summed E-state index contributed by atoms with van der Waals surface area (Å²) < 4.78 is 10.6. The molecule has 1 fully saturated rings. The summed E-state index contributed by atoms with van der Waals surface area (Å²) in [6, 6.07) is 13.6. The number of nitrogens with one attached hydrogen (secondary N) is 1. The summed E-state index contributed by atoms with van der Waals surface area (Å²) >= 11 is 6.28. The number of methoxy groups -OCH3 is 2. The van der Waals surface area contributed by atoms with Gasteiger partial charge in [-0.15, -0.1) is 0 Å². The summed E-state index contributed by atoms with van der Waals surface area (Å²) in [6.07, 6.45) is 2.22. The van der Waals surface area contributed by atoms with Crippen LogP contribution in [0.3, 0.4) is 0 Å². The number of hydrogen-bond acceptors (Lipinski definition) is 4. The molecule has 0 atom stereocenters. The minimum Gasteiger partial charge on any atom is -0.493 e. The third-order valence-corrected chi connectivity index (χ3v) is 5.60. The number of nitrogens with two attached hydrogens (primary N) is 1. The number of likely N-dealkylation sites (tertiary alicyclic amines) is 1. The zero-order chi connectivity index (χ0) is 20.6. The van der Waals surface area contributed by atoms with E-state index < -0.39 is 0 Å². The zero-order valence-corrected chi connectivity index (χ0v) is 17.8. The first-order valence-corrected chi connectivity index (χ1v) is 10.2. The van der Waals surface area contributed by atoms with Crippen LogP contribution in [0, 0.1) is 5.92 Å². The summed E-state index contributed by atoms with van der Waals surface area (Å²) in [4.78, 5) is 6.99. The van der Waals surface area contributed by atoms with Crippen molar-refractivity contribution < 1.29 is 9.47 Å². The second-order valence-corrected chi connectivity index (χ2v) is 7.64.